The van der Waals surface area contributed by atoms with Gasteiger partial charge in [-0.05, 0) is 13.0 Å². The SMILES string of the molecule is COc1cccc2c1C(=O)c1c(O)c3c(c(O)c1C2=O)C[C@@](O)(C(=O)CO)C[C@@H]3O[C@H]1C[C@H](NC(=O)CNC(=O)CN)[C@H](O)[C@H](C)O1. The number of Topliss-reactive ketones (excluding diaryl/α,β-unsaturated/α-hetero) is 1. The average Bonchev–Trinajstić information content (AvgIpc) is 3.05. The number of rotatable bonds is 9. The largest absolute Gasteiger partial charge is 0.507 e. The van der Waals surface area contributed by atoms with E-state index < -0.39 is 114 Å². The number of carbonyl (C=O) groups excluding carboxylic acids is 5. The number of methoxy groups -OCH3 is 1. The molecule has 16 heteroatoms. The summed E-state index contributed by atoms with van der Waals surface area (Å²) < 4.78 is 17.2. The van der Waals surface area contributed by atoms with Gasteiger partial charge in [-0.2, -0.15) is 0 Å². The number of phenolic OH excluding ortho intramolecular Hbond substituents is 2. The van der Waals surface area contributed by atoms with Gasteiger partial charge < -0.3 is 56.1 Å². The highest BCUT2D eigenvalue weighted by Crippen LogP contribution is 2.52. The van der Waals surface area contributed by atoms with Crippen LogP contribution in [0.25, 0.3) is 0 Å². The number of phenols is 2. The number of fused-ring (bicyclic) bond motifs is 3. The molecule has 1 heterocycles. The molecular formula is C31H35N3O13. The number of nitrogens with two attached hydrogens (primary N) is 1. The van der Waals surface area contributed by atoms with Crippen molar-refractivity contribution in [1.29, 1.82) is 0 Å². The minimum Gasteiger partial charge on any atom is -0.507 e. The van der Waals surface area contributed by atoms with E-state index in [1.54, 1.807) is 0 Å². The molecule has 2 aromatic rings. The fourth-order valence-corrected chi connectivity index (χ4v) is 6.37. The molecule has 0 radical (unpaired) electrons. The zero-order valence-corrected chi connectivity index (χ0v) is 25.4. The predicted molar refractivity (Wildman–Crippen MR) is 158 cm³/mol. The van der Waals surface area contributed by atoms with Gasteiger partial charge in [0.25, 0.3) is 0 Å². The van der Waals surface area contributed by atoms with Gasteiger partial charge in [0.1, 0.15) is 35.6 Å². The molecule has 9 N–H and O–H groups in total. The molecule has 1 aliphatic heterocycles. The Kier molecular flexibility index (Phi) is 9.36. The van der Waals surface area contributed by atoms with E-state index in [0.717, 1.165) is 0 Å². The maximum absolute atomic E-state index is 13.8. The highest BCUT2D eigenvalue weighted by molar-refractivity contribution is 6.31. The minimum absolute atomic E-state index is 0.0534. The lowest BCUT2D eigenvalue weighted by atomic mass is 9.72. The number of ketones is 3. The summed E-state index contributed by atoms with van der Waals surface area (Å²) in [5.41, 5.74) is 1.11. The van der Waals surface area contributed by atoms with Crippen molar-refractivity contribution in [2.75, 3.05) is 26.8 Å². The highest BCUT2D eigenvalue weighted by atomic mass is 16.7. The fraction of sp³-hybridized carbons (Fsp3) is 0.452. The Balaban J connectivity index is 1.54. The van der Waals surface area contributed by atoms with Crippen molar-refractivity contribution in [1.82, 2.24) is 10.6 Å². The zero-order chi connectivity index (χ0) is 34.4. The van der Waals surface area contributed by atoms with Crippen molar-refractivity contribution in [3.63, 3.8) is 0 Å². The molecular weight excluding hydrogens is 622 g/mol. The van der Waals surface area contributed by atoms with E-state index >= 15 is 0 Å². The van der Waals surface area contributed by atoms with E-state index in [1.807, 2.05) is 0 Å². The number of ether oxygens (including phenoxy) is 3. The third kappa shape index (κ3) is 5.95. The second-order valence-corrected chi connectivity index (χ2v) is 11.7. The minimum atomic E-state index is -2.35. The number of aliphatic hydroxyl groups excluding tert-OH is 2. The average molecular weight is 658 g/mol. The summed E-state index contributed by atoms with van der Waals surface area (Å²) in [5, 5.41) is 59.7. The number of benzene rings is 2. The Hall–Kier alpha value is -4.45. The van der Waals surface area contributed by atoms with E-state index in [1.165, 1.54) is 32.2 Å². The van der Waals surface area contributed by atoms with E-state index in [0.29, 0.717) is 0 Å². The maximum atomic E-state index is 13.8. The number of amides is 2. The molecule has 47 heavy (non-hydrogen) atoms. The summed E-state index contributed by atoms with van der Waals surface area (Å²) in [7, 11) is 1.30. The standard InChI is InChI=1S/C31H35N3O13/c1-12-26(39)15(34-20(38)10-33-19(37)9-32)6-21(46-12)47-17-8-31(44,18(36)11-35)7-14-23(17)30(43)25-24(28(14)41)27(40)13-4-3-5-16(45-2)22(13)29(25)42/h3-5,12,15,17,21,26,35,39,41,43-44H,6-11,32H2,1-2H3,(H,33,37)(H,34,38)/t12-,15-,17-,21-,26+,31-/m0/s1. The third-order valence-corrected chi connectivity index (χ3v) is 8.74. The quantitative estimate of drug-likeness (QED) is 0.119. The molecule has 16 nitrogen and oxygen atoms in total. The number of hydrogen-bond acceptors (Lipinski definition) is 14. The van der Waals surface area contributed by atoms with Crippen molar-refractivity contribution < 1.29 is 63.7 Å². The van der Waals surface area contributed by atoms with Crippen LogP contribution in [0.5, 0.6) is 17.2 Å². The molecule has 1 saturated heterocycles. The number of carbonyl (C=O) groups is 5. The predicted octanol–water partition coefficient (Wildman–Crippen LogP) is -1.77. The van der Waals surface area contributed by atoms with E-state index in [4.69, 9.17) is 19.9 Å². The normalized spacial score (nSPS) is 26.5. The first-order valence-corrected chi connectivity index (χ1v) is 14.7. The molecule has 0 aromatic heterocycles. The Morgan fingerprint density at radius 2 is 1.79 bits per heavy atom. The first kappa shape index (κ1) is 33.9. The summed E-state index contributed by atoms with van der Waals surface area (Å²) in [6, 6.07) is 3.31. The maximum Gasteiger partial charge on any atom is 0.239 e. The lowest BCUT2D eigenvalue weighted by Gasteiger charge is -2.43. The monoisotopic (exact) mass is 657 g/mol. The van der Waals surface area contributed by atoms with Crippen LogP contribution in [0, 0.1) is 0 Å². The topological polar surface area (TPSA) is 264 Å². The van der Waals surface area contributed by atoms with Crippen molar-refractivity contribution in [2.24, 2.45) is 5.73 Å². The Labute approximate surface area is 267 Å². The van der Waals surface area contributed by atoms with Crippen LogP contribution in [0.15, 0.2) is 18.2 Å². The van der Waals surface area contributed by atoms with Crippen LogP contribution in [0.3, 0.4) is 0 Å². The molecule has 2 amide bonds. The van der Waals surface area contributed by atoms with Gasteiger partial charge in [-0.3, -0.25) is 24.0 Å². The highest BCUT2D eigenvalue weighted by Gasteiger charge is 2.50. The number of aliphatic hydroxyl groups is 3. The van der Waals surface area contributed by atoms with Crippen molar-refractivity contribution >= 4 is 29.2 Å². The first-order valence-electron chi connectivity index (χ1n) is 14.7. The van der Waals surface area contributed by atoms with Gasteiger partial charge in [0.05, 0.1) is 55.1 Å². The number of aromatic hydroxyl groups is 2. The molecule has 0 unspecified atom stereocenters. The summed E-state index contributed by atoms with van der Waals surface area (Å²) in [6.45, 7) is -0.353. The van der Waals surface area contributed by atoms with Crippen molar-refractivity contribution in [3.05, 3.63) is 51.6 Å². The van der Waals surface area contributed by atoms with Crippen LogP contribution in [0.2, 0.25) is 0 Å². The summed E-state index contributed by atoms with van der Waals surface area (Å²) in [6.07, 6.45) is -6.32. The lowest BCUT2D eigenvalue weighted by Crippen LogP contribution is -2.57. The summed E-state index contributed by atoms with van der Waals surface area (Å²) >= 11 is 0. The van der Waals surface area contributed by atoms with Crippen LogP contribution < -0.4 is 21.1 Å². The van der Waals surface area contributed by atoms with Gasteiger partial charge in [-0.1, -0.05) is 12.1 Å². The zero-order valence-electron chi connectivity index (χ0n) is 25.4. The Morgan fingerprint density at radius 1 is 1.09 bits per heavy atom. The molecule has 2 aromatic carbocycles. The molecule has 5 rings (SSSR count). The molecule has 0 bridgehead atoms. The Morgan fingerprint density at radius 3 is 2.45 bits per heavy atom. The van der Waals surface area contributed by atoms with E-state index in [2.05, 4.69) is 10.6 Å². The smallest absolute Gasteiger partial charge is 0.239 e. The van der Waals surface area contributed by atoms with Gasteiger partial charge in [0.2, 0.25) is 17.6 Å². The van der Waals surface area contributed by atoms with Gasteiger partial charge in [-0.25, -0.2) is 0 Å². The van der Waals surface area contributed by atoms with Crippen molar-refractivity contribution in [3.8, 4) is 17.2 Å². The second kappa shape index (κ2) is 13.0. The third-order valence-electron chi connectivity index (χ3n) is 8.74. The Bertz CT molecular complexity index is 1660. The van der Waals surface area contributed by atoms with Gasteiger partial charge in [0, 0.05) is 36.0 Å². The molecule has 0 spiro atoms. The second-order valence-electron chi connectivity index (χ2n) is 11.7. The van der Waals surface area contributed by atoms with Crippen LogP contribution in [-0.4, -0.2) is 112 Å². The van der Waals surface area contributed by atoms with Gasteiger partial charge in [-0.15, -0.1) is 0 Å². The number of nitrogens with one attached hydrogen (secondary N) is 2. The van der Waals surface area contributed by atoms with Crippen LogP contribution in [0.1, 0.15) is 68.8 Å². The summed E-state index contributed by atoms with van der Waals surface area (Å²) in [5.74, 6) is -5.36. The van der Waals surface area contributed by atoms with E-state index in [9.17, 15) is 49.5 Å². The fourth-order valence-electron chi connectivity index (χ4n) is 6.37. The summed E-state index contributed by atoms with van der Waals surface area (Å²) in [4.78, 5) is 64.1. The number of hydrogen-bond donors (Lipinski definition) is 8. The molecule has 6 atom stereocenters. The molecule has 2 aliphatic carbocycles. The van der Waals surface area contributed by atoms with Gasteiger partial charge >= 0.3 is 0 Å². The molecule has 0 saturated carbocycles. The van der Waals surface area contributed by atoms with E-state index in [-0.39, 0.29) is 41.0 Å². The molecule has 252 valence electrons. The molecule has 1 fully saturated rings. The van der Waals surface area contributed by atoms with Gasteiger partial charge in [0.15, 0.2) is 17.9 Å². The lowest BCUT2D eigenvalue weighted by molar-refractivity contribution is -0.249. The van der Waals surface area contributed by atoms with Crippen LogP contribution in [0.4, 0.5) is 0 Å². The van der Waals surface area contributed by atoms with Crippen LogP contribution >= 0.6 is 0 Å². The van der Waals surface area contributed by atoms with Crippen molar-refractivity contribution in [2.45, 2.75) is 62.4 Å². The molecule has 3 aliphatic rings. The van der Waals surface area contributed by atoms with Crippen LogP contribution in [-0.2, 0) is 30.3 Å². The first-order chi connectivity index (χ1) is 22.3.